The van der Waals surface area contributed by atoms with Crippen molar-refractivity contribution in [2.75, 3.05) is 27.3 Å². The van der Waals surface area contributed by atoms with Crippen molar-refractivity contribution < 1.29 is 14.2 Å². The molecule has 5 rings (SSSR count). The Morgan fingerprint density at radius 3 is 1.91 bits per heavy atom. The van der Waals surface area contributed by atoms with Crippen LogP contribution in [0.1, 0.15) is 18.4 Å². The van der Waals surface area contributed by atoms with Crippen LogP contribution in [0.15, 0.2) is 78.9 Å². The molecule has 0 radical (unpaired) electrons. The number of amides is 2. The molecule has 1 atom stereocenters. The highest BCUT2D eigenvalue weighted by Crippen LogP contribution is 2.64. The maximum atomic E-state index is 15.2. The third-order valence-corrected chi connectivity index (χ3v) is 10.0. The molecule has 0 N–H and O–H groups in total. The van der Waals surface area contributed by atoms with Gasteiger partial charge in [-0.1, -0.05) is 48.0 Å². The van der Waals surface area contributed by atoms with Crippen LogP contribution in [0, 0.1) is 6.92 Å². The highest BCUT2D eigenvalue weighted by Gasteiger charge is 2.56. The lowest BCUT2D eigenvalue weighted by molar-refractivity contribution is -0.121. The van der Waals surface area contributed by atoms with Crippen molar-refractivity contribution in [2.24, 2.45) is 0 Å². The molecule has 3 aromatic carbocycles. The summed E-state index contributed by atoms with van der Waals surface area (Å²) in [6.45, 7) is 2.94. The molecule has 1 unspecified atom stereocenters. The predicted molar refractivity (Wildman–Crippen MR) is 137 cm³/mol. The van der Waals surface area contributed by atoms with Crippen molar-refractivity contribution >= 4 is 47.9 Å². The third-order valence-electron chi connectivity index (χ3n) is 6.35. The summed E-state index contributed by atoms with van der Waals surface area (Å²) >= 11 is 6.22. The summed E-state index contributed by atoms with van der Waals surface area (Å²) in [4.78, 5) is 28.2. The monoisotopic (exact) mass is 493 g/mol. The molecular weight excluding hydrogens is 469 g/mol. The zero-order valence-electron chi connectivity index (χ0n) is 18.8. The van der Waals surface area contributed by atoms with E-state index in [-0.39, 0.29) is 12.3 Å². The maximum absolute atomic E-state index is 15.2. The Bertz CT molecular complexity index is 1210. The fourth-order valence-corrected chi connectivity index (χ4v) is 8.71. The highest BCUT2D eigenvalue weighted by atomic mass is 35.5. The summed E-state index contributed by atoms with van der Waals surface area (Å²) < 4.78 is 18.9. The fraction of sp³-hybridized carbons (Fsp3) is 0.231. The van der Waals surface area contributed by atoms with Crippen molar-refractivity contribution in [3.63, 3.8) is 0 Å². The summed E-state index contributed by atoms with van der Waals surface area (Å²) in [7, 11) is -3.58. The molecule has 0 bridgehead atoms. The summed E-state index contributed by atoms with van der Waals surface area (Å²) in [6.07, 6.45) is 0.661. The van der Waals surface area contributed by atoms with E-state index in [9.17, 15) is 9.59 Å². The number of imide groups is 1. The standard InChI is InChI=1S/C26H25ClN3O3P/c1-19-15-20(27)17-23(16-19)30-25(31)18-24(26(30)32)34(33)28(21-9-4-2-5-10-21)13-8-14-29(34)22-11-6-3-7-12-22/h2-7,9-12,15-17,24H,8,13-14,18H2,1H3. The van der Waals surface area contributed by atoms with Crippen molar-refractivity contribution in [3.8, 4) is 0 Å². The number of nitrogens with zero attached hydrogens (tertiary/aromatic N) is 3. The van der Waals surface area contributed by atoms with Crippen LogP contribution in [0.5, 0.6) is 0 Å². The topological polar surface area (TPSA) is 60.9 Å². The minimum atomic E-state index is -3.58. The summed E-state index contributed by atoms with van der Waals surface area (Å²) in [5, 5.41) is 0.445. The quantitative estimate of drug-likeness (QED) is 0.335. The first-order chi connectivity index (χ1) is 16.4. The van der Waals surface area contributed by atoms with Gasteiger partial charge < -0.3 is 9.34 Å². The van der Waals surface area contributed by atoms with Crippen molar-refractivity contribution in [1.29, 1.82) is 0 Å². The summed E-state index contributed by atoms with van der Waals surface area (Å²) in [6, 6.07) is 24.1. The fourth-order valence-electron chi connectivity index (χ4n) is 4.91. The molecule has 3 aromatic rings. The molecule has 2 heterocycles. The first kappa shape index (κ1) is 22.7. The number of hydrogen-bond donors (Lipinski definition) is 0. The van der Waals surface area contributed by atoms with Gasteiger partial charge >= 0.3 is 0 Å². The van der Waals surface area contributed by atoms with E-state index >= 15 is 4.57 Å². The number of aryl methyl sites for hydroxylation is 1. The van der Waals surface area contributed by atoms with Crippen molar-refractivity contribution in [2.45, 2.75) is 25.4 Å². The number of carbonyl (C=O) groups excluding carboxylic acids is 2. The number of benzene rings is 3. The second kappa shape index (κ2) is 8.94. The van der Waals surface area contributed by atoms with Gasteiger partial charge in [-0.15, -0.1) is 0 Å². The van der Waals surface area contributed by atoms with Gasteiger partial charge in [0.05, 0.1) is 5.69 Å². The van der Waals surface area contributed by atoms with Crippen LogP contribution in [0.3, 0.4) is 0 Å². The largest absolute Gasteiger partial charge is 0.306 e. The van der Waals surface area contributed by atoms with Gasteiger partial charge in [0.2, 0.25) is 11.8 Å². The zero-order valence-corrected chi connectivity index (χ0v) is 20.5. The lowest BCUT2D eigenvalue weighted by atomic mass is 10.2. The van der Waals surface area contributed by atoms with Crippen LogP contribution < -0.4 is 14.2 Å². The van der Waals surface area contributed by atoms with Crippen LogP contribution in [-0.4, -0.2) is 30.6 Å². The normalized spacial score (nSPS) is 20.2. The van der Waals surface area contributed by atoms with E-state index in [1.165, 1.54) is 0 Å². The number of para-hydroxylation sites is 2. The molecule has 2 saturated heterocycles. The molecule has 174 valence electrons. The van der Waals surface area contributed by atoms with Crippen LogP contribution >= 0.6 is 19.0 Å². The van der Waals surface area contributed by atoms with E-state index < -0.39 is 19.0 Å². The van der Waals surface area contributed by atoms with Gasteiger partial charge in [0, 0.05) is 35.9 Å². The maximum Gasteiger partial charge on any atom is 0.275 e. The number of hydrogen-bond acceptors (Lipinski definition) is 3. The van der Waals surface area contributed by atoms with Gasteiger partial charge in [0.1, 0.15) is 5.66 Å². The first-order valence-electron chi connectivity index (χ1n) is 11.3. The molecular formula is C26H25ClN3O3P. The van der Waals surface area contributed by atoms with Gasteiger partial charge in [-0.2, -0.15) is 0 Å². The van der Waals surface area contributed by atoms with Gasteiger partial charge in [-0.25, -0.2) is 4.90 Å². The average molecular weight is 494 g/mol. The second-order valence-corrected chi connectivity index (χ2v) is 11.8. The molecule has 0 spiro atoms. The molecule has 0 aromatic heterocycles. The van der Waals surface area contributed by atoms with E-state index in [1.54, 1.807) is 18.2 Å². The molecule has 2 aliphatic rings. The minimum Gasteiger partial charge on any atom is -0.306 e. The lowest BCUT2D eigenvalue weighted by Gasteiger charge is -2.47. The Morgan fingerprint density at radius 2 is 1.38 bits per heavy atom. The van der Waals surface area contributed by atoms with Gasteiger partial charge in [-0.05, 0) is 61.4 Å². The SMILES string of the molecule is Cc1cc(Cl)cc(N2C(=O)CC(P3(=O)N(c4ccccc4)CCCN3c3ccccc3)C2=O)c1. The predicted octanol–water partition coefficient (Wildman–Crippen LogP) is 5.89. The molecule has 0 aliphatic carbocycles. The summed E-state index contributed by atoms with van der Waals surface area (Å²) in [5.41, 5.74) is 1.84. The third kappa shape index (κ3) is 3.81. The Kier molecular flexibility index (Phi) is 5.97. The highest BCUT2D eigenvalue weighted by molar-refractivity contribution is 7.69. The van der Waals surface area contributed by atoms with Crippen molar-refractivity contribution in [3.05, 3.63) is 89.4 Å². The Labute approximate surface area is 204 Å². The molecule has 2 amide bonds. The molecule has 6 nitrogen and oxygen atoms in total. The molecule has 0 saturated carbocycles. The van der Waals surface area contributed by atoms with E-state index in [2.05, 4.69) is 0 Å². The number of carbonyl (C=O) groups is 2. The van der Waals surface area contributed by atoms with E-state index in [4.69, 9.17) is 11.6 Å². The molecule has 34 heavy (non-hydrogen) atoms. The lowest BCUT2D eigenvalue weighted by Crippen LogP contribution is -2.46. The molecule has 2 aliphatic heterocycles. The van der Waals surface area contributed by atoms with Crippen LogP contribution in [0.4, 0.5) is 17.1 Å². The average Bonchev–Trinajstić information content (AvgIpc) is 3.14. The zero-order chi connectivity index (χ0) is 23.9. The van der Waals surface area contributed by atoms with Gasteiger partial charge in [0.25, 0.3) is 7.44 Å². The minimum absolute atomic E-state index is 0.117. The van der Waals surface area contributed by atoms with Crippen molar-refractivity contribution in [1.82, 2.24) is 0 Å². The summed E-state index contributed by atoms with van der Waals surface area (Å²) in [5.74, 6) is -0.808. The van der Waals surface area contributed by atoms with E-state index in [0.717, 1.165) is 28.3 Å². The number of anilines is 3. The second-order valence-electron chi connectivity index (χ2n) is 8.63. The molecule has 8 heteroatoms. The van der Waals surface area contributed by atoms with E-state index in [0.29, 0.717) is 23.8 Å². The molecule has 2 fully saturated rings. The van der Waals surface area contributed by atoms with Crippen LogP contribution in [0.2, 0.25) is 5.02 Å². The van der Waals surface area contributed by atoms with Crippen LogP contribution in [-0.2, 0) is 14.2 Å². The van der Waals surface area contributed by atoms with Gasteiger partial charge in [-0.3, -0.25) is 14.2 Å². The number of halogens is 1. The Hall–Kier alpha value is -3.08. The Balaban J connectivity index is 1.63. The number of rotatable bonds is 4. The first-order valence-corrected chi connectivity index (χ1v) is 13.4. The smallest absolute Gasteiger partial charge is 0.275 e. The van der Waals surface area contributed by atoms with E-state index in [1.807, 2.05) is 76.9 Å². The van der Waals surface area contributed by atoms with Crippen LogP contribution in [0.25, 0.3) is 0 Å². The van der Waals surface area contributed by atoms with Gasteiger partial charge in [0.15, 0.2) is 0 Å². The Morgan fingerprint density at radius 1 is 0.824 bits per heavy atom.